The Morgan fingerprint density at radius 2 is 2.14 bits per heavy atom. The zero-order chi connectivity index (χ0) is 20.5. The number of aryl methyl sites for hydroxylation is 1. The Morgan fingerprint density at radius 3 is 2.86 bits per heavy atom. The Kier molecular flexibility index (Phi) is 5.19. The molecular formula is C21H24N2O6. The molecular weight excluding hydrogens is 376 g/mol. The predicted octanol–water partition coefficient (Wildman–Crippen LogP) is 1.77. The second-order valence-corrected chi connectivity index (χ2v) is 7.46. The van der Waals surface area contributed by atoms with E-state index in [0.29, 0.717) is 36.8 Å². The van der Waals surface area contributed by atoms with Gasteiger partial charge < -0.3 is 28.8 Å². The number of likely N-dealkylation sites (N-methyl/N-ethyl adjacent to an activating group) is 1. The molecule has 0 amide bonds. The molecule has 2 aliphatic rings. The van der Waals surface area contributed by atoms with Crippen LogP contribution in [0, 0.1) is 5.92 Å². The number of methoxy groups -OCH3 is 1. The van der Waals surface area contributed by atoms with Gasteiger partial charge >= 0.3 is 5.97 Å². The monoisotopic (exact) mass is 400 g/mol. The van der Waals surface area contributed by atoms with Crippen molar-refractivity contribution in [2.45, 2.75) is 24.9 Å². The number of ether oxygens (including phenoxy) is 3. The third-order valence-corrected chi connectivity index (χ3v) is 5.86. The molecule has 8 nitrogen and oxygen atoms in total. The van der Waals surface area contributed by atoms with E-state index in [1.165, 1.54) is 6.07 Å². The fourth-order valence-corrected chi connectivity index (χ4v) is 4.43. The van der Waals surface area contributed by atoms with Crippen molar-refractivity contribution in [3.8, 4) is 17.2 Å². The van der Waals surface area contributed by atoms with Crippen LogP contribution in [0.1, 0.15) is 17.9 Å². The van der Waals surface area contributed by atoms with Crippen LogP contribution in [0.5, 0.6) is 17.2 Å². The van der Waals surface area contributed by atoms with Crippen LogP contribution in [-0.2, 0) is 11.3 Å². The van der Waals surface area contributed by atoms with E-state index in [4.69, 9.17) is 14.2 Å². The van der Waals surface area contributed by atoms with Crippen molar-refractivity contribution >= 4 is 5.97 Å². The zero-order valence-corrected chi connectivity index (χ0v) is 16.4. The predicted molar refractivity (Wildman–Crippen MR) is 105 cm³/mol. The number of carboxylic acids is 1. The van der Waals surface area contributed by atoms with Gasteiger partial charge in [-0.2, -0.15) is 0 Å². The van der Waals surface area contributed by atoms with E-state index in [-0.39, 0.29) is 24.3 Å². The molecule has 1 aromatic carbocycles. The Labute approximate surface area is 168 Å². The molecule has 4 rings (SSSR count). The highest BCUT2D eigenvalue weighted by Crippen LogP contribution is 2.46. The molecule has 0 aliphatic carbocycles. The minimum atomic E-state index is -0.846. The summed E-state index contributed by atoms with van der Waals surface area (Å²) in [6, 6.07) is 8.50. The van der Waals surface area contributed by atoms with Crippen LogP contribution in [0.25, 0.3) is 0 Å². The SMILES string of the molecule is COc1cc(C2CN(C)C(CCn3ccccc3=O)C2C(=O)O)cc2c1OCO2. The summed E-state index contributed by atoms with van der Waals surface area (Å²) in [6.07, 6.45) is 2.29. The number of aromatic nitrogens is 1. The highest BCUT2D eigenvalue weighted by atomic mass is 16.7. The lowest BCUT2D eigenvalue weighted by molar-refractivity contribution is -0.143. The van der Waals surface area contributed by atoms with Gasteiger partial charge in [-0.3, -0.25) is 9.59 Å². The standard InChI is InChI=1S/C21H24N2O6/c1-22-11-14(13-9-16(27-2)20-17(10-13)28-12-29-20)19(21(25)26)15(22)6-8-23-7-4-3-5-18(23)24/h3-5,7,9-10,14-15,19H,6,8,11-12H2,1-2H3,(H,25,26). The van der Waals surface area contributed by atoms with Crippen LogP contribution in [0.4, 0.5) is 0 Å². The van der Waals surface area contributed by atoms with Gasteiger partial charge in [0.1, 0.15) is 0 Å². The number of carbonyl (C=O) groups is 1. The molecule has 1 aromatic heterocycles. The summed E-state index contributed by atoms with van der Waals surface area (Å²) in [5, 5.41) is 10.0. The molecule has 2 aromatic rings. The third kappa shape index (κ3) is 3.55. The Balaban J connectivity index is 1.61. The van der Waals surface area contributed by atoms with E-state index in [2.05, 4.69) is 4.90 Å². The average molecular weight is 400 g/mol. The van der Waals surface area contributed by atoms with Crippen LogP contribution < -0.4 is 19.8 Å². The van der Waals surface area contributed by atoms with Gasteiger partial charge in [-0.1, -0.05) is 6.07 Å². The molecule has 8 heteroatoms. The third-order valence-electron chi connectivity index (χ3n) is 5.86. The highest BCUT2D eigenvalue weighted by molar-refractivity contribution is 5.73. The molecule has 0 radical (unpaired) electrons. The Hall–Kier alpha value is -3.00. The quantitative estimate of drug-likeness (QED) is 0.790. The normalized spacial score (nSPS) is 23.3. The van der Waals surface area contributed by atoms with Crippen LogP contribution in [0.15, 0.2) is 41.3 Å². The first-order valence-corrected chi connectivity index (χ1v) is 9.55. The van der Waals surface area contributed by atoms with Gasteiger partial charge in [0.2, 0.25) is 18.1 Å². The number of pyridine rings is 1. The van der Waals surface area contributed by atoms with Gasteiger partial charge in [0.25, 0.3) is 0 Å². The fraction of sp³-hybridized carbons (Fsp3) is 0.429. The lowest BCUT2D eigenvalue weighted by atomic mass is 9.84. The summed E-state index contributed by atoms with van der Waals surface area (Å²) in [7, 11) is 3.48. The molecule has 1 N–H and O–H groups in total. The van der Waals surface area contributed by atoms with Crippen LogP contribution in [-0.4, -0.2) is 54.1 Å². The van der Waals surface area contributed by atoms with E-state index in [1.807, 2.05) is 19.2 Å². The molecule has 1 fully saturated rings. The van der Waals surface area contributed by atoms with Crippen LogP contribution >= 0.6 is 0 Å². The fourth-order valence-electron chi connectivity index (χ4n) is 4.43. The van der Waals surface area contributed by atoms with Crippen molar-refractivity contribution in [3.63, 3.8) is 0 Å². The van der Waals surface area contributed by atoms with Crippen molar-refractivity contribution in [3.05, 3.63) is 52.4 Å². The summed E-state index contributed by atoms with van der Waals surface area (Å²) in [5.74, 6) is -0.00901. The number of rotatable bonds is 6. The van der Waals surface area contributed by atoms with E-state index in [0.717, 1.165) is 5.56 Å². The van der Waals surface area contributed by atoms with Crippen molar-refractivity contribution in [1.82, 2.24) is 9.47 Å². The second kappa shape index (κ2) is 7.79. The number of fused-ring (bicyclic) bond motifs is 1. The van der Waals surface area contributed by atoms with E-state index in [1.54, 1.807) is 30.0 Å². The van der Waals surface area contributed by atoms with Crippen molar-refractivity contribution in [1.29, 1.82) is 0 Å². The Morgan fingerprint density at radius 1 is 1.31 bits per heavy atom. The summed E-state index contributed by atoms with van der Waals surface area (Å²) >= 11 is 0. The first kappa shape index (κ1) is 19.3. The van der Waals surface area contributed by atoms with Crippen molar-refractivity contribution in [2.24, 2.45) is 5.92 Å². The highest BCUT2D eigenvalue weighted by Gasteiger charge is 2.45. The van der Waals surface area contributed by atoms with Crippen LogP contribution in [0.2, 0.25) is 0 Å². The molecule has 0 saturated carbocycles. The summed E-state index contributed by atoms with van der Waals surface area (Å²) < 4.78 is 18.0. The number of likely N-dealkylation sites (tertiary alicyclic amines) is 1. The van der Waals surface area contributed by atoms with Crippen LogP contribution in [0.3, 0.4) is 0 Å². The molecule has 154 valence electrons. The zero-order valence-electron chi connectivity index (χ0n) is 16.4. The summed E-state index contributed by atoms with van der Waals surface area (Å²) in [6.45, 7) is 1.18. The second-order valence-electron chi connectivity index (χ2n) is 7.46. The van der Waals surface area contributed by atoms with Gasteiger partial charge in [-0.05, 0) is 37.2 Å². The van der Waals surface area contributed by atoms with Crippen molar-refractivity contribution < 1.29 is 24.1 Å². The molecule has 3 atom stereocenters. The number of hydrogen-bond donors (Lipinski definition) is 1. The smallest absolute Gasteiger partial charge is 0.308 e. The molecule has 2 aliphatic heterocycles. The number of carboxylic acid groups (broad SMARTS) is 1. The first-order valence-electron chi connectivity index (χ1n) is 9.55. The Bertz CT molecular complexity index is 972. The minimum Gasteiger partial charge on any atom is -0.493 e. The number of benzene rings is 1. The van der Waals surface area contributed by atoms with E-state index >= 15 is 0 Å². The molecule has 3 unspecified atom stereocenters. The molecule has 0 spiro atoms. The molecule has 0 bridgehead atoms. The van der Waals surface area contributed by atoms with Crippen molar-refractivity contribution in [2.75, 3.05) is 27.5 Å². The van der Waals surface area contributed by atoms with Gasteiger partial charge in [-0.15, -0.1) is 0 Å². The van der Waals surface area contributed by atoms with E-state index < -0.39 is 11.9 Å². The summed E-state index contributed by atoms with van der Waals surface area (Å²) in [4.78, 5) is 26.3. The summed E-state index contributed by atoms with van der Waals surface area (Å²) in [5.41, 5.74) is 0.766. The lowest BCUT2D eigenvalue weighted by Gasteiger charge is -2.24. The maximum Gasteiger partial charge on any atom is 0.308 e. The molecule has 29 heavy (non-hydrogen) atoms. The topological polar surface area (TPSA) is 90.2 Å². The molecule has 1 saturated heterocycles. The van der Waals surface area contributed by atoms with Gasteiger partial charge in [0.05, 0.1) is 13.0 Å². The van der Waals surface area contributed by atoms with Gasteiger partial charge in [-0.25, -0.2) is 0 Å². The maximum atomic E-state index is 12.2. The number of hydrogen-bond acceptors (Lipinski definition) is 6. The minimum absolute atomic E-state index is 0.0860. The van der Waals surface area contributed by atoms with Gasteiger partial charge in [0, 0.05) is 37.3 Å². The number of nitrogens with zero attached hydrogens (tertiary/aromatic N) is 2. The van der Waals surface area contributed by atoms with Gasteiger partial charge in [0.15, 0.2) is 11.5 Å². The first-order chi connectivity index (χ1) is 14.0. The maximum absolute atomic E-state index is 12.2. The lowest BCUT2D eigenvalue weighted by Crippen LogP contribution is -2.35. The molecule has 3 heterocycles. The largest absolute Gasteiger partial charge is 0.493 e. The van der Waals surface area contributed by atoms with E-state index in [9.17, 15) is 14.7 Å². The number of aliphatic carboxylic acids is 1. The average Bonchev–Trinajstić information content (AvgIpc) is 3.30.